The van der Waals surface area contributed by atoms with Crippen LogP contribution in [-0.2, 0) is 7.05 Å². The fraction of sp³-hybridized carbons (Fsp3) is 0.375. The van der Waals surface area contributed by atoms with Crippen LogP contribution in [0.1, 0.15) is 16.1 Å². The highest BCUT2D eigenvalue weighted by atomic mass is 35.5. The minimum Gasteiger partial charge on any atom is -0.368 e. The Bertz CT molecular complexity index is 788. The Morgan fingerprint density at radius 1 is 1.22 bits per heavy atom. The predicted octanol–water partition coefficient (Wildman–Crippen LogP) is 1.90. The second kappa shape index (κ2) is 6.12. The minimum absolute atomic E-state index is 0.128. The van der Waals surface area contributed by atoms with E-state index in [0.29, 0.717) is 36.9 Å². The van der Waals surface area contributed by atoms with Crippen molar-refractivity contribution in [3.8, 4) is 0 Å². The number of piperazine rings is 1. The van der Waals surface area contributed by atoms with Gasteiger partial charge in [-0.25, -0.2) is 9.53 Å². The molecular formula is C16H18ClN3O3. The zero-order valence-corrected chi connectivity index (χ0v) is 13.8. The van der Waals surface area contributed by atoms with Gasteiger partial charge in [-0.2, -0.15) is 0 Å². The summed E-state index contributed by atoms with van der Waals surface area (Å²) in [5, 5.41) is 0.693. The fourth-order valence-corrected chi connectivity index (χ4v) is 2.97. The van der Waals surface area contributed by atoms with Crippen molar-refractivity contribution < 1.29 is 9.32 Å². The van der Waals surface area contributed by atoms with E-state index in [2.05, 4.69) is 4.90 Å². The maximum absolute atomic E-state index is 12.6. The number of nitrogens with zero attached hydrogens (tertiary/aromatic N) is 3. The molecule has 3 rings (SSSR count). The summed E-state index contributed by atoms with van der Waals surface area (Å²) < 4.78 is 6.28. The van der Waals surface area contributed by atoms with Crippen LogP contribution in [-0.4, -0.2) is 41.7 Å². The summed E-state index contributed by atoms with van der Waals surface area (Å²) in [6, 6.07) is 7.66. The minimum atomic E-state index is -0.577. The average Bonchev–Trinajstić information content (AvgIpc) is 2.79. The highest BCUT2D eigenvalue weighted by molar-refractivity contribution is 6.30. The summed E-state index contributed by atoms with van der Waals surface area (Å²) in [4.78, 5) is 28.2. The molecule has 0 radical (unpaired) electrons. The standard InChI is InChI=1S/C16H18ClN3O3/c1-11-14(16(22)23-18(11)2)15(21)20-8-6-19(7-9-20)13-5-3-4-12(17)10-13/h3-5,10H,6-9H2,1-2H3. The van der Waals surface area contributed by atoms with Crippen molar-refractivity contribution in [1.29, 1.82) is 0 Å². The second-order valence-corrected chi connectivity index (χ2v) is 6.03. The van der Waals surface area contributed by atoms with E-state index in [1.54, 1.807) is 18.9 Å². The van der Waals surface area contributed by atoms with Crippen molar-refractivity contribution >= 4 is 23.2 Å². The number of hydrogen-bond donors (Lipinski definition) is 0. The summed E-state index contributed by atoms with van der Waals surface area (Å²) in [6.45, 7) is 4.21. The van der Waals surface area contributed by atoms with E-state index in [9.17, 15) is 9.59 Å². The van der Waals surface area contributed by atoms with Crippen molar-refractivity contribution in [2.24, 2.45) is 7.05 Å². The molecule has 2 heterocycles. The molecule has 1 amide bonds. The lowest BCUT2D eigenvalue weighted by atomic mass is 10.2. The van der Waals surface area contributed by atoms with Crippen LogP contribution in [0.4, 0.5) is 5.69 Å². The van der Waals surface area contributed by atoms with Crippen LogP contribution in [0.2, 0.25) is 5.02 Å². The maximum Gasteiger partial charge on any atom is 0.370 e. The van der Waals surface area contributed by atoms with Crippen molar-refractivity contribution in [1.82, 2.24) is 9.64 Å². The molecule has 6 nitrogen and oxygen atoms in total. The largest absolute Gasteiger partial charge is 0.370 e. The van der Waals surface area contributed by atoms with Crippen molar-refractivity contribution in [3.63, 3.8) is 0 Å². The number of halogens is 1. The van der Waals surface area contributed by atoms with Gasteiger partial charge in [0.05, 0.1) is 5.69 Å². The van der Waals surface area contributed by atoms with Gasteiger partial charge in [0.25, 0.3) is 5.91 Å². The van der Waals surface area contributed by atoms with E-state index in [4.69, 9.17) is 16.1 Å². The number of hydrogen-bond acceptors (Lipinski definition) is 4. The van der Waals surface area contributed by atoms with E-state index in [1.807, 2.05) is 24.3 Å². The van der Waals surface area contributed by atoms with Crippen LogP contribution in [0.15, 0.2) is 33.6 Å². The normalized spacial score (nSPS) is 15.1. The van der Waals surface area contributed by atoms with Gasteiger partial charge in [-0.1, -0.05) is 17.7 Å². The Morgan fingerprint density at radius 2 is 1.91 bits per heavy atom. The SMILES string of the molecule is Cc1c(C(=O)N2CCN(c3cccc(Cl)c3)CC2)c(=O)on1C. The third-order valence-electron chi connectivity index (χ3n) is 4.21. The Morgan fingerprint density at radius 3 is 2.48 bits per heavy atom. The van der Waals surface area contributed by atoms with Crippen LogP contribution < -0.4 is 10.5 Å². The van der Waals surface area contributed by atoms with Gasteiger partial charge in [0.15, 0.2) is 0 Å². The molecule has 0 saturated carbocycles. The quantitative estimate of drug-likeness (QED) is 0.841. The molecule has 1 saturated heterocycles. The fourth-order valence-electron chi connectivity index (χ4n) is 2.78. The number of anilines is 1. The topological polar surface area (TPSA) is 58.7 Å². The molecule has 0 N–H and O–H groups in total. The molecule has 1 aromatic carbocycles. The molecule has 1 aliphatic rings. The van der Waals surface area contributed by atoms with E-state index in [0.717, 1.165) is 5.69 Å². The molecule has 0 atom stereocenters. The number of rotatable bonds is 2. The molecule has 1 aliphatic heterocycles. The molecule has 122 valence electrons. The first-order valence-corrected chi connectivity index (χ1v) is 7.82. The molecule has 0 aliphatic carbocycles. The van der Waals surface area contributed by atoms with Gasteiger partial charge in [-0.05, 0) is 25.1 Å². The molecule has 0 unspecified atom stereocenters. The molecular weight excluding hydrogens is 318 g/mol. The average molecular weight is 336 g/mol. The first-order chi connectivity index (χ1) is 11.0. The molecule has 23 heavy (non-hydrogen) atoms. The number of carbonyl (C=O) groups is 1. The third kappa shape index (κ3) is 2.99. The van der Waals surface area contributed by atoms with E-state index >= 15 is 0 Å². The monoisotopic (exact) mass is 335 g/mol. The lowest BCUT2D eigenvalue weighted by Crippen LogP contribution is -2.49. The van der Waals surface area contributed by atoms with Crippen LogP contribution in [0.3, 0.4) is 0 Å². The summed E-state index contributed by atoms with van der Waals surface area (Å²) >= 11 is 6.02. The highest BCUT2D eigenvalue weighted by Gasteiger charge is 2.27. The van der Waals surface area contributed by atoms with Gasteiger partial charge in [-0.15, -0.1) is 0 Å². The predicted molar refractivity (Wildman–Crippen MR) is 88.3 cm³/mol. The number of aromatic nitrogens is 1. The Kier molecular flexibility index (Phi) is 4.17. The van der Waals surface area contributed by atoms with E-state index in [-0.39, 0.29) is 11.5 Å². The van der Waals surface area contributed by atoms with Gasteiger partial charge in [-0.3, -0.25) is 4.79 Å². The number of aryl methyl sites for hydroxylation is 1. The van der Waals surface area contributed by atoms with Crippen molar-refractivity contribution in [2.75, 3.05) is 31.1 Å². The maximum atomic E-state index is 12.6. The van der Waals surface area contributed by atoms with Crippen molar-refractivity contribution in [3.05, 3.63) is 51.0 Å². The van der Waals surface area contributed by atoms with Crippen LogP contribution in [0, 0.1) is 6.92 Å². The van der Waals surface area contributed by atoms with Crippen LogP contribution in [0.25, 0.3) is 0 Å². The van der Waals surface area contributed by atoms with E-state index in [1.165, 1.54) is 4.74 Å². The molecule has 0 spiro atoms. The molecule has 2 aromatic rings. The summed E-state index contributed by atoms with van der Waals surface area (Å²) in [6.07, 6.45) is 0. The van der Waals surface area contributed by atoms with Crippen LogP contribution in [0.5, 0.6) is 0 Å². The van der Waals surface area contributed by atoms with Crippen molar-refractivity contribution in [2.45, 2.75) is 6.92 Å². The zero-order chi connectivity index (χ0) is 16.6. The highest BCUT2D eigenvalue weighted by Crippen LogP contribution is 2.21. The van der Waals surface area contributed by atoms with Crippen LogP contribution >= 0.6 is 11.6 Å². The van der Waals surface area contributed by atoms with Gasteiger partial charge in [0.2, 0.25) is 0 Å². The first kappa shape index (κ1) is 15.7. The second-order valence-electron chi connectivity index (χ2n) is 5.60. The number of benzene rings is 1. The summed E-state index contributed by atoms with van der Waals surface area (Å²) in [5.74, 6) is -0.261. The Hall–Kier alpha value is -2.21. The smallest absolute Gasteiger partial charge is 0.368 e. The lowest BCUT2D eigenvalue weighted by Gasteiger charge is -2.36. The molecule has 7 heteroatoms. The summed E-state index contributed by atoms with van der Waals surface area (Å²) in [7, 11) is 1.62. The molecule has 1 aromatic heterocycles. The molecule has 0 bridgehead atoms. The zero-order valence-electron chi connectivity index (χ0n) is 13.1. The van der Waals surface area contributed by atoms with Gasteiger partial charge in [0.1, 0.15) is 5.56 Å². The third-order valence-corrected chi connectivity index (χ3v) is 4.45. The first-order valence-electron chi connectivity index (χ1n) is 7.44. The Labute approximate surface area is 138 Å². The van der Waals surface area contributed by atoms with Gasteiger partial charge >= 0.3 is 5.63 Å². The number of amides is 1. The Balaban J connectivity index is 1.71. The van der Waals surface area contributed by atoms with E-state index < -0.39 is 5.63 Å². The summed E-state index contributed by atoms with van der Waals surface area (Å²) in [5.41, 5.74) is 1.15. The number of carbonyl (C=O) groups excluding carboxylic acids is 1. The molecule has 1 fully saturated rings. The van der Waals surface area contributed by atoms with Gasteiger partial charge < -0.3 is 14.3 Å². The van der Waals surface area contributed by atoms with Gasteiger partial charge in [0, 0.05) is 43.9 Å². The lowest BCUT2D eigenvalue weighted by molar-refractivity contribution is 0.0743.